The van der Waals surface area contributed by atoms with Crippen molar-refractivity contribution in [1.82, 2.24) is 10.6 Å². The minimum absolute atomic E-state index is 0.423. The average Bonchev–Trinajstić information content (AvgIpc) is 2.11. The van der Waals surface area contributed by atoms with E-state index in [-0.39, 0.29) is 0 Å². The van der Waals surface area contributed by atoms with Gasteiger partial charge in [0.05, 0.1) is 0 Å². The van der Waals surface area contributed by atoms with Crippen molar-refractivity contribution >= 4 is 5.96 Å². The first-order chi connectivity index (χ1) is 6.99. The summed E-state index contributed by atoms with van der Waals surface area (Å²) >= 11 is 0. The first-order valence-electron chi connectivity index (χ1n) is 6.01. The van der Waals surface area contributed by atoms with Gasteiger partial charge < -0.3 is 10.6 Å². The van der Waals surface area contributed by atoms with Crippen LogP contribution in [0.15, 0.2) is 4.99 Å². The van der Waals surface area contributed by atoms with E-state index in [9.17, 15) is 0 Å². The fourth-order valence-corrected chi connectivity index (χ4v) is 1.31. The van der Waals surface area contributed by atoms with Gasteiger partial charge in [0.1, 0.15) is 0 Å². The minimum atomic E-state index is 0.423. The molecule has 0 atom stereocenters. The maximum Gasteiger partial charge on any atom is 0.191 e. The topological polar surface area (TPSA) is 36.4 Å². The van der Waals surface area contributed by atoms with Gasteiger partial charge in [0.15, 0.2) is 5.96 Å². The van der Waals surface area contributed by atoms with Crippen LogP contribution in [0.3, 0.4) is 0 Å². The van der Waals surface area contributed by atoms with E-state index in [4.69, 9.17) is 0 Å². The Morgan fingerprint density at radius 3 is 2.00 bits per heavy atom. The molecule has 0 heterocycles. The molecule has 90 valence electrons. The lowest BCUT2D eigenvalue weighted by Crippen LogP contribution is -2.37. The molecule has 0 aliphatic rings. The van der Waals surface area contributed by atoms with Crippen molar-refractivity contribution in [3.05, 3.63) is 0 Å². The number of aliphatic imine (C=N–C) groups is 1. The number of rotatable bonds is 5. The van der Waals surface area contributed by atoms with E-state index in [1.807, 2.05) is 0 Å². The zero-order chi connectivity index (χ0) is 11.7. The zero-order valence-electron chi connectivity index (χ0n) is 11.0. The van der Waals surface area contributed by atoms with E-state index in [0.717, 1.165) is 32.0 Å². The van der Waals surface area contributed by atoms with E-state index < -0.39 is 0 Å². The maximum atomic E-state index is 4.50. The molecule has 2 N–H and O–H groups in total. The predicted octanol–water partition coefficient (Wildman–Crippen LogP) is 2.39. The molecule has 15 heavy (non-hydrogen) atoms. The van der Waals surface area contributed by atoms with Crippen LogP contribution >= 0.6 is 0 Å². The molecule has 0 unspecified atom stereocenters. The molecule has 0 spiro atoms. The summed E-state index contributed by atoms with van der Waals surface area (Å²) in [5.41, 5.74) is 0.423. The summed E-state index contributed by atoms with van der Waals surface area (Å²) in [6, 6.07) is 0. The summed E-state index contributed by atoms with van der Waals surface area (Å²) in [4.78, 5) is 4.50. The van der Waals surface area contributed by atoms with Crippen LogP contribution in [0.1, 0.15) is 47.5 Å². The average molecular weight is 213 g/mol. The number of hydrogen-bond acceptors (Lipinski definition) is 1. The van der Waals surface area contributed by atoms with E-state index in [1.54, 1.807) is 0 Å². The smallest absolute Gasteiger partial charge is 0.191 e. The molecule has 0 aromatic heterocycles. The van der Waals surface area contributed by atoms with Crippen molar-refractivity contribution < 1.29 is 0 Å². The van der Waals surface area contributed by atoms with Crippen LogP contribution in [0.5, 0.6) is 0 Å². The lowest BCUT2D eigenvalue weighted by Gasteiger charge is -2.17. The van der Waals surface area contributed by atoms with E-state index in [2.05, 4.69) is 50.2 Å². The van der Waals surface area contributed by atoms with Crippen molar-refractivity contribution in [2.45, 2.75) is 47.5 Å². The van der Waals surface area contributed by atoms with Crippen LogP contribution in [0, 0.1) is 5.41 Å². The highest BCUT2D eigenvalue weighted by Gasteiger charge is 2.08. The van der Waals surface area contributed by atoms with Gasteiger partial charge in [-0.3, -0.25) is 4.99 Å². The van der Waals surface area contributed by atoms with Crippen LogP contribution in [0.2, 0.25) is 0 Å². The Kier molecular flexibility index (Phi) is 7.18. The number of nitrogens with one attached hydrogen (secondary N) is 2. The summed E-state index contributed by atoms with van der Waals surface area (Å²) in [5.74, 6) is 0.939. The van der Waals surface area contributed by atoms with Gasteiger partial charge in [-0.1, -0.05) is 20.8 Å². The standard InChI is InChI=1S/C12H27N3/c1-6-13-11(14-7-2)15-10-8-9-12(3,4)5/h6-10H2,1-5H3,(H2,13,14,15). The summed E-state index contributed by atoms with van der Waals surface area (Å²) < 4.78 is 0. The molecular formula is C12H27N3. The van der Waals surface area contributed by atoms with Gasteiger partial charge in [0.2, 0.25) is 0 Å². The van der Waals surface area contributed by atoms with Crippen molar-refractivity contribution in [2.24, 2.45) is 10.4 Å². The molecule has 0 radical (unpaired) electrons. The molecular weight excluding hydrogens is 186 g/mol. The van der Waals surface area contributed by atoms with E-state index in [0.29, 0.717) is 5.41 Å². The fourth-order valence-electron chi connectivity index (χ4n) is 1.31. The third-order valence-corrected chi connectivity index (χ3v) is 2.04. The summed E-state index contributed by atoms with van der Waals surface area (Å²) in [6.07, 6.45) is 2.38. The van der Waals surface area contributed by atoms with Gasteiger partial charge in [0.25, 0.3) is 0 Å². The SMILES string of the molecule is CCNC(=NCCCC(C)(C)C)NCC. The molecule has 3 nitrogen and oxygen atoms in total. The van der Waals surface area contributed by atoms with Gasteiger partial charge in [0, 0.05) is 19.6 Å². The summed E-state index contributed by atoms with van der Waals surface area (Å²) in [6.45, 7) is 13.7. The number of nitrogens with zero attached hydrogens (tertiary/aromatic N) is 1. The van der Waals surface area contributed by atoms with Gasteiger partial charge in [-0.15, -0.1) is 0 Å². The molecule has 0 saturated carbocycles. The van der Waals surface area contributed by atoms with Crippen molar-refractivity contribution in [2.75, 3.05) is 19.6 Å². The summed E-state index contributed by atoms with van der Waals surface area (Å²) in [5, 5.41) is 6.44. The Bertz CT molecular complexity index is 172. The highest BCUT2D eigenvalue weighted by Crippen LogP contribution is 2.20. The second-order valence-corrected chi connectivity index (χ2v) is 4.96. The van der Waals surface area contributed by atoms with Gasteiger partial charge in [-0.05, 0) is 32.1 Å². The molecule has 0 aromatic carbocycles. The van der Waals surface area contributed by atoms with Crippen LogP contribution < -0.4 is 10.6 Å². The molecule has 0 rings (SSSR count). The molecule has 0 bridgehead atoms. The Labute approximate surface area is 94.7 Å². The van der Waals surface area contributed by atoms with E-state index in [1.165, 1.54) is 6.42 Å². The van der Waals surface area contributed by atoms with Gasteiger partial charge in [-0.25, -0.2) is 0 Å². The highest BCUT2D eigenvalue weighted by atomic mass is 15.2. The van der Waals surface area contributed by atoms with Crippen LogP contribution in [0.4, 0.5) is 0 Å². The van der Waals surface area contributed by atoms with Crippen molar-refractivity contribution in [3.8, 4) is 0 Å². The Morgan fingerprint density at radius 2 is 1.60 bits per heavy atom. The molecule has 0 amide bonds. The van der Waals surface area contributed by atoms with Crippen LogP contribution in [-0.4, -0.2) is 25.6 Å². The van der Waals surface area contributed by atoms with E-state index >= 15 is 0 Å². The van der Waals surface area contributed by atoms with Crippen LogP contribution in [-0.2, 0) is 0 Å². The number of hydrogen-bond donors (Lipinski definition) is 2. The molecule has 0 aliphatic heterocycles. The largest absolute Gasteiger partial charge is 0.357 e. The maximum absolute atomic E-state index is 4.50. The van der Waals surface area contributed by atoms with Crippen LogP contribution in [0.25, 0.3) is 0 Å². The second kappa shape index (κ2) is 7.55. The first kappa shape index (κ1) is 14.3. The highest BCUT2D eigenvalue weighted by molar-refractivity contribution is 5.79. The number of guanidine groups is 1. The molecule has 0 saturated heterocycles. The van der Waals surface area contributed by atoms with Crippen molar-refractivity contribution in [3.63, 3.8) is 0 Å². The molecule has 3 heteroatoms. The Morgan fingerprint density at radius 1 is 1.07 bits per heavy atom. The lowest BCUT2D eigenvalue weighted by atomic mass is 9.91. The molecule has 0 aromatic rings. The Balaban J connectivity index is 3.79. The molecule has 0 aliphatic carbocycles. The first-order valence-corrected chi connectivity index (χ1v) is 6.01. The quantitative estimate of drug-likeness (QED) is 0.418. The minimum Gasteiger partial charge on any atom is -0.357 e. The van der Waals surface area contributed by atoms with Gasteiger partial charge >= 0.3 is 0 Å². The second-order valence-electron chi connectivity index (χ2n) is 4.96. The fraction of sp³-hybridized carbons (Fsp3) is 0.917. The normalized spacial score (nSPS) is 11.0. The van der Waals surface area contributed by atoms with Gasteiger partial charge in [-0.2, -0.15) is 0 Å². The third-order valence-electron chi connectivity index (χ3n) is 2.04. The summed E-state index contributed by atoms with van der Waals surface area (Å²) in [7, 11) is 0. The lowest BCUT2D eigenvalue weighted by molar-refractivity contribution is 0.368. The van der Waals surface area contributed by atoms with Crippen molar-refractivity contribution in [1.29, 1.82) is 0 Å². The predicted molar refractivity (Wildman–Crippen MR) is 68.3 cm³/mol. The Hall–Kier alpha value is -0.730. The monoisotopic (exact) mass is 213 g/mol. The zero-order valence-corrected chi connectivity index (χ0v) is 11.0. The molecule has 0 fully saturated rings. The third kappa shape index (κ3) is 9.57.